The van der Waals surface area contributed by atoms with Crippen molar-refractivity contribution >= 4 is 10.2 Å². The van der Waals surface area contributed by atoms with Gasteiger partial charge in [0.1, 0.15) is 0 Å². The van der Waals surface area contributed by atoms with Crippen LogP contribution >= 0.6 is 0 Å². The molecule has 2 aliphatic heterocycles. The zero-order valence-electron chi connectivity index (χ0n) is 9.89. The number of hydrogen-bond acceptors (Lipinski definition) is 4. The summed E-state index contributed by atoms with van der Waals surface area (Å²) in [5, 5.41) is 9.45. The SMILES string of the molecule is O=S(=O)(NC1(CO)CCOCC1)N1CCCC1. The summed E-state index contributed by atoms with van der Waals surface area (Å²) in [6, 6.07) is 0. The third-order valence-corrected chi connectivity index (χ3v) is 5.24. The summed E-state index contributed by atoms with van der Waals surface area (Å²) in [7, 11) is -3.46. The van der Waals surface area contributed by atoms with Crippen LogP contribution in [0.25, 0.3) is 0 Å². The van der Waals surface area contributed by atoms with Crippen LogP contribution in [0.3, 0.4) is 0 Å². The molecule has 0 aromatic heterocycles. The van der Waals surface area contributed by atoms with Crippen molar-refractivity contribution in [3.05, 3.63) is 0 Å². The van der Waals surface area contributed by atoms with Gasteiger partial charge in [0.05, 0.1) is 12.1 Å². The van der Waals surface area contributed by atoms with Gasteiger partial charge in [0, 0.05) is 26.3 Å². The highest BCUT2D eigenvalue weighted by Gasteiger charge is 2.38. The van der Waals surface area contributed by atoms with E-state index in [1.54, 1.807) is 0 Å². The first kappa shape index (κ1) is 13.2. The molecule has 2 N–H and O–H groups in total. The lowest BCUT2D eigenvalue weighted by molar-refractivity contribution is 0.0216. The minimum atomic E-state index is -3.46. The predicted molar refractivity (Wildman–Crippen MR) is 62.7 cm³/mol. The van der Waals surface area contributed by atoms with Crippen molar-refractivity contribution < 1.29 is 18.3 Å². The third-order valence-electron chi connectivity index (χ3n) is 3.50. The first-order chi connectivity index (χ1) is 8.08. The zero-order chi connectivity index (χ0) is 12.4. The fourth-order valence-electron chi connectivity index (χ4n) is 2.32. The van der Waals surface area contributed by atoms with Crippen LogP contribution in [0, 0.1) is 0 Å². The Balaban J connectivity index is 2.06. The predicted octanol–water partition coefficient (Wildman–Crippen LogP) is -0.542. The molecule has 0 saturated carbocycles. The second-order valence-electron chi connectivity index (χ2n) is 4.76. The van der Waals surface area contributed by atoms with Gasteiger partial charge in [-0.25, -0.2) is 0 Å². The molecule has 6 nitrogen and oxygen atoms in total. The average Bonchev–Trinajstić information content (AvgIpc) is 2.84. The van der Waals surface area contributed by atoms with Crippen LogP contribution in [0.2, 0.25) is 0 Å². The summed E-state index contributed by atoms with van der Waals surface area (Å²) < 4.78 is 33.6. The monoisotopic (exact) mass is 264 g/mol. The lowest BCUT2D eigenvalue weighted by Crippen LogP contribution is -2.57. The maximum atomic E-state index is 12.1. The van der Waals surface area contributed by atoms with Crippen LogP contribution in [-0.4, -0.2) is 56.3 Å². The van der Waals surface area contributed by atoms with Crippen LogP contribution in [0.4, 0.5) is 0 Å². The van der Waals surface area contributed by atoms with Crippen LogP contribution in [0.15, 0.2) is 0 Å². The van der Waals surface area contributed by atoms with Gasteiger partial charge < -0.3 is 9.84 Å². The molecular weight excluding hydrogens is 244 g/mol. The molecule has 0 spiro atoms. The van der Waals surface area contributed by atoms with E-state index >= 15 is 0 Å². The molecule has 0 atom stereocenters. The number of ether oxygens (including phenoxy) is 1. The molecule has 17 heavy (non-hydrogen) atoms. The summed E-state index contributed by atoms with van der Waals surface area (Å²) in [5.74, 6) is 0. The summed E-state index contributed by atoms with van der Waals surface area (Å²) in [4.78, 5) is 0. The Labute approximate surface area is 102 Å². The highest BCUT2D eigenvalue weighted by Crippen LogP contribution is 2.23. The van der Waals surface area contributed by atoms with E-state index in [0.29, 0.717) is 39.1 Å². The maximum Gasteiger partial charge on any atom is 0.280 e. The van der Waals surface area contributed by atoms with Crippen LogP contribution in [0.5, 0.6) is 0 Å². The lowest BCUT2D eigenvalue weighted by atomic mass is 9.93. The van der Waals surface area contributed by atoms with Crippen LogP contribution in [-0.2, 0) is 14.9 Å². The first-order valence-electron chi connectivity index (χ1n) is 6.06. The Morgan fingerprint density at radius 3 is 2.35 bits per heavy atom. The minimum absolute atomic E-state index is 0.177. The van der Waals surface area contributed by atoms with E-state index in [4.69, 9.17) is 4.74 Å². The number of aliphatic hydroxyl groups excluding tert-OH is 1. The Hall–Kier alpha value is -0.210. The van der Waals surface area contributed by atoms with Gasteiger partial charge in [-0.05, 0) is 25.7 Å². The number of rotatable bonds is 4. The van der Waals surface area contributed by atoms with Gasteiger partial charge in [-0.1, -0.05) is 0 Å². The molecule has 0 bridgehead atoms. The lowest BCUT2D eigenvalue weighted by Gasteiger charge is -2.37. The van der Waals surface area contributed by atoms with Crippen LogP contribution < -0.4 is 4.72 Å². The Kier molecular flexibility index (Phi) is 4.04. The van der Waals surface area contributed by atoms with Gasteiger partial charge in [0.15, 0.2) is 0 Å². The topological polar surface area (TPSA) is 78.9 Å². The number of nitrogens with one attached hydrogen (secondary N) is 1. The van der Waals surface area contributed by atoms with Crippen molar-refractivity contribution in [2.45, 2.75) is 31.2 Å². The Morgan fingerprint density at radius 2 is 1.82 bits per heavy atom. The van der Waals surface area contributed by atoms with E-state index < -0.39 is 15.7 Å². The second-order valence-corrected chi connectivity index (χ2v) is 6.43. The average molecular weight is 264 g/mol. The molecule has 2 fully saturated rings. The van der Waals surface area contributed by atoms with Gasteiger partial charge in [-0.15, -0.1) is 0 Å². The van der Waals surface area contributed by atoms with Gasteiger partial charge in [0.2, 0.25) is 0 Å². The maximum absolute atomic E-state index is 12.1. The molecule has 2 saturated heterocycles. The van der Waals surface area contributed by atoms with Crippen LogP contribution in [0.1, 0.15) is 25.7 Å². The smallest absolute Gasteiger partial charge is 0.280 e. The van der Waals surface area contributed by atoms with Gasteiger partial charge in [-0.2, -0.15) is 17.4 Å². The molecule has 0 radical (unpaired) electrons. The van der Waals surface area contributed by atoms with Gasteiger partial charge in [0.25, 0.3) is 10.2 Å². The largest absolute Gasteiger partial charge is 0.394 e. The molecule has 0 aromatic rings. The molecule has 7 heteroatoms. The van der Waals surface area contributed by atoms with Crippen molar-refractivity contribution in [2.75, 3.05) is 32.9 Å². The molecule has 2 heterocycles. The standard InChI is InChI=1S/C10H20N2O4S/c13-9-10(3-7-16-8-4-10)11-17(14,15)12-5-1-2-6-12/h11,13H,1-9H2. The molecule has 2 aliphatic rings. The Morgan fingerprint density at radius 1 is 1.24 bits per heavy atom. The fraction of sp³-hybridized carbons (Fsp3) is 1.00. The molecule has 2 rings (SSSR count). The van der Waals surface area contributed by atoms with E-state index in [9.17, 15) is 13.5 Å². The zero-order valence-corrected chi connectivity index (χ0v) is 10.7. The third kappa shape index (κ3) is 2.97. The van der Waals surface area contributed by atoms with E-state index in [1.807, 2.05) is 0 Å². The molecule has 100 valence electrons. The van der Waals surface area contributed by atoms with Crippen molar-refractivity contribution in [1.82, 2.24) is 9.03 Å². The van der Waals surface area contributed by atoms with E-state index in [1.165, 1.54) is 4.31 Å². The van der Waals surface area contributed by atoms with Crippen molar-refractivity contribution in [1.29, 1.82) is 0 Å². The van der Waals surface area contributed by atoms with E-state index in [-0.39, 0.29) is 6.61 Å². The molecule has 0 aromatic carbocycles. The van der Waals surface area contributed by atoms with Crippen molar-refractivity contribution in [3.63, 3.8) is 0 Å². The normalized spacial score (nSPS) is 26.2. The highest BCUT2D eigenvalue weighted by atomic mass is 32.2. The summed E-state index contributed by atoms with van der Waals surface area (Å²) in [6.07, 6.45) is 2.87. The molecule has 0 unspecified atom stereocenters. The summed E-state index contributed by atoms with van der Waals surface area (Å²) in [6.45, 7) is 1.95. The second kappa shape index (κ2) is 5.19. The summed E-state index contributed by atoms with van der Waals surface area (Å²) >= 11 is 0. The fourth-order valence-corrected chi connectivity index (χ4v) is 4.01. The number of nitrogens with zero attached hydrogens (tertiary/aromatic N) is 1. The molecule has 0 amide bonds. The molecule has 0 aliphatic carbocycles. The number of hydrogen-bond donors (Lipinski definition) is 2. The molecular formula is C10H20N2O4S. The van der Waals surface area contributed by atoms with E-state index in [2.05, 4.69) is 4.72 Å². The Bertz CT molecular complexity index is 345. The first-order valence-corrected chi connectivity index (χ1v) is 7.50. The van der Waals surface area contributed by atoms with Gasteiger partial charge in [-0.3, -0.25) is 0 Å². The minimum Gasteiger partial charge on any atom is -0.394 e. The van der Waals surface area contributed by atoms with E-state index in [0.717, 1.165) is 12.8 Å². The van der Waals surface area contributed by atoms with Gasteiger partial charge >= 0.3 is 0 Å². The highest BCUT2D eigenvalue weighted by molar-refractivity contribution is 7.87. The van der Waals surface area contributed by atoms with Crippen molar-refractivity contribution in [3.8, 4) is 0 Å². The quantitative estimate of drug-likeness (QED) is 0.714. The van der Waals surface area contributed by atoms with Crippen molar-refractivity contribution in [2.24, 2.45) is 0 Å². The summed E-state index contributed by atoms with van der Waals surface area (Å²) in [5.41, 5.74) is -0.736. The number of aliphatic hydroxyl groups is 1.